The molecule has 11 aromatic rings. The normalized spacial score (nSPS) is 12.9. The van der Waals surface area contributed by atoms with E-state index in [-0.39, 0.29) is 37.3 Å². The molecule has 0 bridgehead atoms. The Kier molecular flexibility index (Phi) is 12.1. The molecule has 0 spiro atoms. The SMILES string of the molecule is [C-]#[N+]c1cccc2c1oc1c2ccc2c1c1ccc(Oc3[c-]c(N4[CH-]N(c5c(-c6ccc(C(C)(C)C)cc6)cccc5-c5ccc(C(C)(C)C)cc5)c5ccccc54)ccc3)[c-]c1n2-c1cc(C(C)(C)C)ccn1.[Pt]. The van der Waals surface area contributed by atoms with Gasteiger partial charge in [0, 0.05) is 83.2 Å². The van der Waals surface area contributed by atoms with Crippen molar-refractivity contribution in [1.82, 2.24) is 9.55 Å². The minimum Gasteiger partial charge on any atom is -0.509 e. The van der Waals surface area contributed by atoms with Gasteiger partial charge in [-0.2, -0.15) is 12.1 Å². The van der Waals surface area contributed by atoms with Crippen LogP contribution in [0.2, 0.25) is 0 Å². The maximum atomic E-state index is 7.87. The Labute approximate surface area is 454 Å². The summed E-state index contributed by atoms with van der Waals surface area (Å²) in [7, 11) is 0. The first-order chi connectivity index (χ1) is 35.5. The van der Waals surface area contributed by atoms with Gasteiger partial charge in [-0.15, -0.1) is 42.7 Å². The summed E-state index contributed by atoms with van der Waals surface area (Å²) in [6, 6.07) is 64.8. The number of nitrogens with zero attached hydrogens (tertiary/aromatic N) is 5. The summed E-state index contributed by atoms with van der Waals surface area (Å²) in [4.78, 5) is 13.3. The van der Waals surface area contributed by atoms with Crippen molar-refractivity contribution in [3.8, 4) is 39.6 Å². The third kappa shape index (κ3) is 8.66. The van der Waals surface area contributed by atoms with E-state index in [0.717, 1.165) is 94.5 Å². The van der Waals surface area contributed by atoms with Gasteiger partial charge in [-0.3, -0.25) is 0 Å². The molecule has 0 radical (unpaired) electrons. The van der Waals surface area contributed by atoms with Gasteiger partial charge in [0.05, 0.1) is 6.57 Å². The van der Waals surface area contributed by atoms with Crippen LogP contribution in [-0.4, -0.2) is 9.55 Å². The minimum absolute atomic E-state index is 0. The Bertz CT molecular complexity index is 3970. The topological polar surface area (TPSA) is 51.0 Å². The average molecular weight is 1160 g/mol. The molecule has 0 fully saturated rings. The van der Waals surface area contributed by atoms with Gasteiger partial charge in [-0.1, -0.05) is 170 Å². The van der Waals surface area contributed by atoms with Gasteiger partial charge in [0.25, 0.3) is 0 Å². The second-order valence-corrected chi connectivity index (χ2v) is 22.5. The number of hydrogen-bond acceptors (Lipinski definition) is 5. The van der Waals surface area contributed by atoms with Crippen molar-refractivity contribution in [1.29, 1.82) is 0 Å². The van der Waals surface area contributed by atoms with Crippen LogP contribution in [0.1, 0.15) is 79.0 Å². The first-order valence-corrected chi connectivity index (χ1v) is 25.3. The van der Waals surface area contributed by atoms with Crippen LogP contribution in [0.3, 0.4) is 0 Å². The van der Waals surface area contributed by atoms with Crippen molar-refractivity contribution < 1.29 is 30.2 Å². The summed E-state index contributed by atoms with van der Waals surface area (Å²) in [5, 5.41) is 3.71. The monoisotopic (exact) mass is 1160 g/mol. The van der Waals surface area contributed by atoms with E-state index >= 15 is 0 Å². The predicted molar refractivity (Wildman–Crippen MR) is 305 cm³/mol. The second-order valence-electron chi connectivity index (χ2n) is 22.5. The maximum absolute atomic E-state index is 7.87. The van der Waals surface area contributed by atoms with Crippen LogP contribution in [0.25, 0.3) is 76.7 Å². The van der Waals surface area contributed by atoms with Gasteiger partial charge in [-0.05, 0) is 85.8 Å². The standard InChI is InChI=1S/C67H56N5O2.Pt/c1-65(2,3)44-28-24-42(25-29-44)50-18-14-19-51(43-26-30-45(31-27-43)66(4,5)6)62(50)71-41-70(56-22-11-12-23-57(56)71)47-16-13-17-48(39-47)73-49-32-33-54-59(40-49)72(60-38-46(36-37-69-60)67(7,8)9)58-35-34-53-52-20-15-21-55(68-10)63(52)74-64(53)61(54)58;/h11-38,41H,1-9H3;/q-3;. The first kappa shape index (κ1) is 49.3. The molecule has 75 heavy (non-hydrogen) atoms. The smallest absolute Gasteiger partial charge is 0.229 e. The quantitative estimate of drug-likeness (QED) is 0.149. The third-order valence-electron chi connectivity index (χ3n) is 14.5. The van der Waals surface area contributed by atoms with E-state index in [1.807, 2.05) is 36.5 Å². The minimum atomic E-state index is -0.107. The number of anilines is 4. The van der Waals surface area contributed by atoms with Gasteiger partial charge in [0.1, 0.15) is 17.0 Å². The summed E-state index contributed by atoms with van der Waals surface area (Å²) in [5.41, 5.74) is 15.7. The predicted octanol–water partition coefficient (Wildman–Crippen LogP) is 18.7. The fourth-order valence-corrected chi connectivity index (χ4v) is 10.4. The molecule has 8 heteroatoms. The van der Waals surface area contributed by atoms with Crippen LogP contribution in [0.5, 0.6) is 11.5 Å². The van der Waals surface area contributed by atoms with Crippen LogP contribution < -0.4 is 14.5 Å². The summed E-state index contributed by atoms with van der Waals surface area (Å²) in [5.74, 6) is 1.83. The molecule has 3 aromatic heterocycles. The average Bonchev–Trinajstić information content (AvgIpc) is 4.10. The van der Waals surface area contributed by atoms with Crippen LogP contribution in [0.4, 0.5) is 28.4 Å². The third-order valence-corrected chi connectivity index (χ3v) is 14.5. The molecule has 0 unspecified atom stereocenters. The molecule has 0 amide bonds. The zero-order valence-electron chi connectivity index (χ0n) is 43.6. The number of aromatic nitrogens is 2. The first-order valence-electron chi connectivity index (χ1n) is 25.3. The fraction of sp³-hybridized carbons (Fsp3) is 0.179. The molecule has 0 N–H and O–H groups in total. The molecule has 12 rings (SSSR count). The van der Waals surface area contributed by atoms with Crippen molar-refractivity contribution >= 4 is 72.2 Å². The molecular formula is C67H56N5O2Pt-3. The van der Waals surface area contributed by atoms with Gasteiger partial charge in [-0.25, -0.2) is 9.83 Å². The molecule has 0 saturated carbocycles. The largest absolute Gasteiger partial charge is 0.509 e. The number of benzene rings is 8. The maximum Gasteiger partial charge on any atom is 0.229 e. The summed E-state index contributed by atoms with van der Waals surface area (Å²) in [6.45, 7) is 30.2. The molecule has 0 saturated heterocycles. The van der Waals surface area contributed by atoms with Crippen molar-refractivity contribution in [2.75, 3.05) is 9.80 Å². The molecule has 0 aliphatic carbocycles. The molecule has 1 aliphatic rings. The fourth-order valence-electron chi connectivity index (χ4n) is 10.4. The van der Waals surface area contributed by atoms with Gasteiger partial charge < -0.3 is 23.5 Å². The summed E-state index contributed by atoms with van der Waals surface area (Å²) in [6.07, 6.45) is 1.87. The van der Waals surface area contributed by atoms with E-state index in [4.69, 9.17) is 20.7 Å². The molecule has 1 aliphatic heterocycles. The number of furan rings is 1. The van der Waals surface area contributed by atoms with Crippen molar-refractivity contribution in [2.24, 2.45) is 0 Å². The second kappa shape index (κ2) is 18.5. The zero-order chi connectivity index (χ0) is 51.3. The van der Waals surface area contributed by atoms with Crippen molar-refractivity contribution in [3.05, 3.63) is 217 Å². The Morgan fingerprint density at radius 1 is 0.560 bits per heavy atom. The van der Waals surface area contributed by atoms with E-state index in [1.54, 1.807) is 6.07 Å². The number of fused-ring (bicyclic) bond motifs is 8. The van der Waals surface area contributed by atoms with Gasteiger partial charge in [0.15, 0.2) is 0 Å². The summed E-state index contributed by atoms with van der Waals surface area (Å²) >= 11 is 0. The van der Waals surface area contributed by atoms with Crippen LogP contribution >= 0.6 is 0 Å². The number of hydrogen-bond donors (Lipinski definition) is 0. The van der Waals surface area contributed by atoms with Crippen molar-refractivity contribution in [2.45, 2.75) is 78.6 Å². The van der Waals surface area contributed by atoms with Gasteiger partial charge >= 0.3 is 0 Å². The van der Waals surface area contributed by atoms with E-state index in [2.05, 4.69) is 228 Å². The number of ether oxygens (including phenoxy) is 1. The van der Waals surface area contributed by atoms with E-state index in [9.17, 15) is 0 Å². The van der Waals surface area contributed by atoms with Crippen LogP contribution in [0.15, 0.2) is 174 Å². The molecule has 7 nitrogen and oxygen atoms in total. The molecule has 0 atom stereocenters. The molecular weight excluding hydrogens is 1100 g/mol. The summed E-state index contributed by atoms with van der Waals surface area (Å²) < 4.78 is 15.6. The van der Waals surface area contributed by atoms with E-state index in [0.29, 0.717) is 22.8 Å². The van der Waals surface area contributed by atoms with E-state index < -0.39 is 0 Å². The molecule has 374 valence electrons. The van der Waals surface area contributed by atoms with E-state index in [1.165, 1.54) is 11.1 Å². The zero-order valence-corrected chi connectivity index (χ0v) is 45.9. The Morgan fingerprint density at radius 3 is 1.79 bits per heavy atom. The molecule has 8 aromatic carbocycles. The van der Waals surface area contributed by atoms with Crippen molar-refractivity contribution in [3.63, 3.8) is 0 Å². The number of pyridine rings is 1. The Hall–Kier alpha value is -7.91. The Balaban J connectivity index is 0.00000602. The molecule has 4 heterocycles. The Morgan fingerprint density at radius 2 is 1.15 bits per heavy atom. The van der Waals surface area contributed by atoms with Crippen LogP contribution in [-0.2, 0) is 37.3 Å². The number of rotatable bonds is 7. The van der Waals surface area contributed by atoms with Crippen LogP contribution in [0, 0.1) is 25.4 Å². The number of para-hydroxylation sites is 4. The van der Waals surface area contributed by atoms with Gasteiger partial charge in [0.2, 0.25) is 5.69 Å².